The van der Waals surface area contributed by atoms with E-state index < -0.39 is 74.3 Å². The minimum Gasteiger partial charge on any atom is -0.547 e. The fraction of sp³-hybridized carbons (Fsp3) is 0.917. The molecule has 25 heavy (non-hydrogen) atoms. The van der Waals surface area contributed by atoms with Gasteiger partial charge in [0.25, 0.3) is 0 Å². The largest absolute Gasteiger partial charge is 2.00 e. The van der Waals surface area contributed by atoms with Gasteiger partial charge < -0.3 is 60.2 Å². The molecule has 0 aromatic rings. The molecule has 1 saturated heterocycles. The van der Waals surface area contributed by atoms with Crippen LogP contribution < -0.4 is 5.11 Å². The Hall–Kier alpha value is 0.330. The molecule has 12 nitrogen and oxygen atoms in total. The van der Waals surface area contributed by atoms with Gasteiger partial charge >= 0.3 is 37.7 Å². The number of ether oxygens (including phenoxy) is 2. The summed E-state index contributed by atoms with van der Waals surface area (Å²) in [7, 11) is 0. The van der Waals surface area contributed by atoms with Crippen LogP contribution in [0.25, 0.3) is 0 Å². The molecular formula is C12H21CaO12+. The summed E-state index contributed by atoms with van der Waals surface area (Å²) in [5.74, 6) is -2.09. The number of aliphatic hydroxyl groups excluding tert-OH is 8. The molecule has 0 unspecified atom stereocenters. The second-order valence-electron chi connectivity index (χ2n) is 5.30. The van der Waals surface area contributed by atoms with Gasteiger partial charge in [0.05, 0.1) is 19.2 Å². The molecule has 0 bridgehead atoms. The standard InChI is InChI=1S/C12H22O12.Ca/c13-1-3(15)10(7(18)8(19)11(21)22)24-12-9(20)6(17)5(16)4(2-14)23-12;/h3-10,12-20H,1-2H2,(H,21,22);/q;+2/p-1/t3-,4-,5+,6+,7-,8-,9-,10-,12+;/m1./s1. The zero-order chi connectivity index (χ0) is 18.6. The maximum atomic E-state index is 10.6. The molecular weight excluding hydrogens is 376 g/mol. The predicted octanol–water partition coefficient (Wildman–Crippen LogP) is -7.38. The Bertz CT molecular complexity index is 410. The SMILES string of the molecule is O=C([O-])[C@H](O)[C@@H](O)[C@H](O[C@@H]1O[C@H](CO)[C@H](O)[C@H](O)[C@H]1O)[C@H](O)CO.[Ca+2]. The van der Waals surface area contributed by atoms with Crippen molar-refractivity contribution in [1.82, 2.24) is 0 Å². The van der Waals surface area contributed by atoms with Crippen LogP contribution >= 0.6 is 0 Å². The molecule has 1 aliphatic heterocycles. The van der Waals surface area contributed by atoms with Gasteiger partial charge in [0.2, 0.25) is 0 Å². The van der Waals surface area contributed by atoms with E-state index in [4.69, 9.17) is 19.7 Å². The Labute approximate surface area is 171 Å². The first kappa shape index (κ1) is 25.3. The molecule has 8 N–H and O–H groups in total. The van der Waals surface area contributed by atoms with Crippen molar-refractivity contribution < 1.29 is 60.2 Å². The van der Waals surface area contributed by atoms with Crippen molar-refractivity contribution in [2.24, 2.45) is 0 Å². The van der Waals surface area contributed by atoms with Crippen LogP contribution in [-0.2, 0) is 14.3 Å². The van der Waals surface area contributed by atoms with Crippen molar-refractivity contribution in [1.29, 1.82) is 0 Å². The molecule has 1 heterocycles. The number of rotatable bonds is 8. The molecule has 0 aromatic heterocycles. The molecule has 9 atom stereocenters. The van der Waals surface area contributed by atoms with E-state index >= 15 is 0 Å². The first-order valence-corrected chi connectivity index (χ1v) is 6.97. The van der Waals surface area contributed by atoms with Gasteiger partial charge in [-0.2, -0.15) is 0 Å². The van der Waals surface area contributed by atoms with Crippen molar-refractivity contribution >= 4 is 43.7 Å². The first-order valence-electron chi connectivity index (χ1n) is 6.97. The number of carboxylic acid groups (broad SMARTS) is 1. The van der Waals surface area contributed by atoms with Gasteiger partial charge in [-0.05, 0) is 0 Å². The number of hydrogen-bond donors (Lipinski definition) is 8. The fourth-order valence-corrected chi connectivity index (χ4v) is 2.16. The zero-order valence-corrected chi connectivity index (χ0v) is 15.2. The maximum Gasteiger partial charge on any atom is 2.00 e. The maximum absolute atomic E-state index is 10.6. The Morgan fingerprint density at radius 3 is 2.08 bits per heavy atom. The number of carbonyl (C=O) groups excluding carboxylic acids is 1. The van der Waals surface area contributed by atoms with Gasteiger partial charge in [0, 0.05) is 0 Å². The van der Waals surface area contributed by atoms with E-state index in [1.807, 2.05) is 0 Å². The van der Waals surface area contributed by atoms with E-state index in [1.54, 1.807) is 0 Å². The third-order valence-electron chi connectivity index (χ3n) is 3.61. The monoisotopic (exact) mass is 397 g/mol. The van der Waals surface area contributed by atoms with Gasteiger partial charge in [-0.25, -0.2) is 0 Å². The Kier molecular flexibility index (Phi) is 11.4. The Morgan fingerprint density at radius 2 is 1.64 bits per heavy atom. The molecule has 0 aliphatic carbocycles. The van der Waals surface area contributed by atoms with E-state index in [0.717, 1.165) is 0 Å². The summed E-state index contributed by atoms with van der Waals surface area (Å²) in [5.41, 5.74) is 0. The molecule has 0 amide bonds. The summed E-state index contributed by atoms with van der Waals surface area (Å²) in [6, 6.07) is 0. The number of carboxylic acids is 1. The van der Waals surface area contributed by atoms with Crippen LogP contribution in [0.2, 0.25) is 0 Å². The normalized spacial score (nSPS) is 34.5. The van der Waals surface area contributed by atoms with Crippen LogP contribution in [0.15, 0.2) is 0 Å². The molecule has 0 aromatic carbocycles. The average Bonchev–Trinajstić information content (AvgIpc) is 2.57. The molecule has 1 fully saturated rings. The number of hydrogen-bond acceptors (Lipinski definition) is 12. The first-order chi connectivity index (χ1) is 11.1. The van der Waals surface area contributed by atoms with Crippen LogP contribution in [0.1, 0.15) is 0 Å². The molecule has 0 radical (unpaired) electrons. The van der Waals surface area contributed by atoms with Gasteiger partial charge in [-0.1, -0.05) is 0 Å². The summed E-state index contributed by atoms with van der Waals surface area (Å²) in [6.45, 7) is -1.79. The number of aliphatic hydroxyl groups is 8. The Morgan fingerprint density at radius 1 is 1.08 bits per heavy atom. The van der Waals surface area contributed by atoms with Gasteiger partial charge in [0.15, 0.2) is 6.29 Å². The minimum absolute atomic E-state index is 0. The van der Waals surface area contributed by atoms with Crippen LogP contribution in [0.3, 0.4) is 0 Å². The summed E-state index contributed by atoms with van der Waals surface area (Å²) < 4.78 is 9.94. The Balaban J connectivity index is 0.00000576. The number of carbonyl (C=O) groups is 1. The van der Waals surface area contributed by atoms with Crippen LogP contribution in [0.4, 0.5) is 0 Å². The van der Waals surface area contributed by atoms with Crippen LogP contribution in [-0.4, -0.2) is 153 Å². The minimum atomic E-state index is -2.50. The molecule has 0 saturated carbocycles. The topological polar surface area (TPSA) is 220 Å². The summed E-state index contributed by atoms with van der Waals surface area (Å²) in [4.78, 5) is 10.6. The van der Waals surface area contributed by atoms with E-state index in [-0.39, 0.29) is 37.7 Å². The van der Waals surface area contributed by atoms with E-state index in [0.29, 0.717) is 0 Å². The molecule has 1 rings (SSSR count). The van der Waals surface area contributed by atoms with Crippen molar-refractivity contribution in [2.75, 3.05) is 13.2 Å². The third-order valence-corrected chi connectivity index (χ3v) is 3.61. The quantitative estimate of drug-likeness (QED) is 0.179. The smallest absolute Gasteiger partial charge is 0.547 e. The van der Waals surface area contributed by atoms with Gasteiger partial charge in [-0.15, -0.1) is 0 Å². The summed E-state index contributed by atoms with van der Waals surface area (Å²) in [5, 5.41) is 86.3. The number of aliphatic carboxylic acids is 1. The summed E-state index contributed by atoms with van der Waals surface area (Å²) in [6.07, 6.45) is -17.3. The van der Waals surface area contributed by atoms with Crippen molar-refractivity contribution in [3.05, 3.63) is 0 Å². The summed E-state index contributed by atoms with van der Waals surface area (Å²) >= 11 is 0. The third kappa shape index (κ3) is 6.17. The molecule has 1 aliphatic rings. The van der Waals surface area contributed by atoms with Crippen LogP contribution in [0.5, 0.6) is 0 Å². The van der Waals surface area contributed by atoms with E-state index in [9.17, 15) is 40.5 Å². The van der Waals surface area contributed by atoms with Gasteiger partial charge in [0.1, 0.15) is 48.8 Å². The van der Waals surface area contributed by atoms with E-state index in [2.05, 4.69) is 0 Å². The molecule has 0 spiro atoms. The van der Waals surface area contributed by atoms with Gasteiger partial charge in [-0.3, -0.25) is 0 Å². The second kappa shape index (κ2) is 11.2. The average molecular weight is 397 g/mol. The predicted molar refractivity (Wildman–Crippen MR) is 74.5 cm³/mol. The second-order valence-corrected chi connectivity index (χ2v) is 5.30. The zero-order valence-electron chi connectivity index (χ0n) is 13.0. The van der Waals surface area contributed by atoms with E-state index in [1.165, 1.54) is 0 Å². The van der Waals surface area contributed by atoms with Crippen molar-refractivity contribution in [3.8, 4) is 0 Å². The molecule has 142 valence electrons. The van der Waals surface area contributed by atoms with Crippen LogP contribution in [0, 0.1) is 0 Å². The molecule has 13 heteroatoms. The van der Waals surface area contributed by atoms with Crippen molar-refractivity contribution in [2.45, 2.75) is 55.1 Å². The fourth-order valence-electron chi connectivity index (χ4n) is 2.16. The van der Waals surface area contributed by atoms with Crippen molar-refractivity contribution in [3.63, 3.8) is 0 Å².